The van der Waals surface area contributed by atoms with Gasteiger partial charge in [-0.25, -0.2) is 4.98 Å². The molecular formula is C14H25N3S. The molecule has 0 aromatic carbocycles. The monoisotopic (exact) mass is 267 g/mol. The Morgan fingerprint density at radius 1 is 1.33 bits per heavy atom. The number of nitrogens with zero attached hydrogens (tertiary/aromatic N) is 2. The molecule has 0 aliphatic carbocycles. The maximum Gasteiger partial charge on any atom is 0.0947 e. The standard InChI is InChI=1S/C14H25N3S/c1-10-11(2)18-13(16-10)9-12(15)14(3,4)17-7-5-6-8-17/h12H,5-9,15H2,1-4H3. The first-order valence-corrected chi connectivity index (χ1v) is 7.66. The summed E-state index contributed by atoms with van der Waals surface area (Å²) in [6.07, 6.45) is 3.51. The molecule has 1 aliphatic rings. The van der Waals surface area contributed by atoms with E-state index in [9.17, 15) is 0 Å². The van der Waals surface area contributed by atoms with Gasteiger partial charge in [0.05, 0.1) is 10.7 Å². The maximum absolute atomic E-state index is 6.45. The van der Waals surface area contributed by atoms with Crippen LogP contribution >= 0.6 is 11.3 Å². The number of aryl methyl sites for hydroxylation is 2. The highest BCUT2D eigenvalue weighted by molar-refractivity contribution is 7.11. The molecule has 2 N–H and O–H groups in total. The van der Waals surface area contributed by atoms with Crippen LogP contribution < -0.4 is 5.73 Å². The number of hydrogen-bond acceptors (Lipinski definition) is 4. The van der Waals surface area contributed by atoms with Crippen LogP contribution in [0.3, 0.4) is 0 Å². The van der Waals surface area contributed by atoms with E-state index < -0.39 is 0 Å². The molecule has 1 saturated heterocycles. The molecule has 1 unspecified atom stereocenters. The summed E-state index contributed by atoms with van der Waals surface area (Å²) in [6.45, 7) is 11.1. The summed E-state index contributed by atoms with van der Waals surface area (Å²) in [4.78, 5) is 8.46. The molecule has 2 rings (SSSR count). The number of rotatable bonds is 4. The topological polar surface area (TPSA) is 42.1 Å². The summed E-state index contributed by atoms with van der Waals surface area (Å²) in [5.41, 5.74) is 7.67. The van der Waals surface area contributed by atoms with Crippen molar-refractivity contribution in [3.8, 4) is 0 Å². The Morgan fingerprint density at radius 2 is 1.94 bits per heavy atom. The molecule has 1 aromatic heterocycles. The molecule has 1 aliphatic heterocycles. The fourth-order valence-electron chi connectivity index (χ4n) is 2.59. The summed E-state index contributed by atoms with van der Waals surface area (Å²) in [7, 11) is 0. The minimum Gasteiger partial charge on any atom is -0.326 e. The van der Waals surface area contributed by atoms with Crippen LogP contribution in [0.2, 0.25) is 0 Å². The SMILES string of the molecule is Cc1nc(CC(N)C(C)(C)N2CCCC2)sc1C. The van der Waals surface area contributed by atoms with E-state index in [1.807, 2.05) is 0 Å². The number of aromatic nitrogens is 1. The van der Waals surface area contributed by atoms with Crippen LogP contribution in [0.1, 0.15) is 42.3 Å². The first-order valence-electron chi connectivity index (χ1n) is 6.85. The zero-order valence-corrected chi connectivity index (χ0v) is 12.8. The van der Waals surface area contributed by atoms with Crippen molar-refractivity contribution < 1.29 is 0 Å². The van der Waals surface area contributed by atoms with Crippen LogP contribution in [0.5, 0.6) is 0 Å². The molecular weight excluding hydrogens is 242 g/mol. The Morgan fingerprint density at radius 3 is 2.44 bits per heavy atom. The van der Waals surface area contributed by atoms with Gasteiger partial charge in [0.15, 0.2) is 0 Å². The lowest BCUT2D eigenvalue weighted by molar-refractivity contribution is 0.123. The summed E-state index contributed by atoms with van der Waals surface area (Å²) < 4.78 is 0. The molecule has 4 heteroatoms. The predicted octanol–water partition coefficient (Wildman–Crippen LogP) is 2.50. The van der Waals surface area contributed by atoms with E-state index in [1.165, 1.54) is 35.8 Å². The quantitative estimate of drug-likeness (QED) is 0.911. The Kier molecular flexibility index (Phi) is 4.09. The van der Waals surface area contributed by atoms with Crippen molar-refractivity contribution in [2.45, 2.75) is 58.5 Å². The third kappa shape index (κ3) is 2.76. The zero-order valence-electron chi connectivity index (χ0n) is 12.0. The molecule has 3 nitrogen and oxygen atoms in total. The smallest absolute Gasteiger partial charge is 0.0947 e. The van der Waals surface area contributed by atoms with Crippen molar-refractivity contribution in [3.05, 3.63) is 15.6 Å². The van der Waals surface area contributed by atoms with Gasteiger partial charge in [-0.05, 0) is 53.6 Å². The van der Waals surface area contributed by atoms with E-state index in [2.05, 4.69) is 37.6 Å². The Balaban J connectivity index is 2.04. The summed E-state index contributed by atoms with van der Waals surface area (Å²) in [5, 5.41) is 1.18. The van der Waals surface area contributed by atoms with Crippen LogP contribution in [-0.4, -0.2) is 34.6 Å². The van der Waals surface area contributed by atoms with E-state index in [0.717, 1.165) is 12.1 Å². The maximum atomic E-state index is 6.45. The Labute approximate surface area is 114 Å². The molecule has 1 atom stereocenters. The van der Waals surface area contributed by atoms with Crippen LogP contribution in [0.25, 0.3) is 0 Å². The van der Waals surface area contributed by atoms with Crippen molar-refractivity contribution in [2.24, 2.45) is 5.73 Å². The first kappa shape index (κ1) is 14.0. The fourth-order valence-corrected chi connectivity index (χ4v) is 3.58. The third-order valence-corrected chi connectivity index (χ3v) is 5.39. The number of nitrogens with two attached hydrogens (primary N) is 1. The first-order chi connectivity index (χ1) is 8.41. The van der Waals surface area contributed by atoms with Gasteiger partial charge in [-0.1, -0.05) is 0 Å². The fraction of sp³-hybridized carbons (Fsp3) is 0.786. The Bertz CT molecular complexity index is 386. The van der Waals surface area contributed by atoms with E-state index in [1.54, 1.807) is 11.3 Å². The number of likely N-dealkylation sites (tertiary alicyclic amines) is 1. The van der Waals surface area contributed by atoms with E-state index in [-0.39, 0.29) is 11.6 Å². The van der Waals surface area contributed by atoms with Gasteiger partial charge in [0.25, 0.3) is 0 Å². The van der Waals surface area contributed by atoms with Gasteiger partial charge in [-0.3, -0.25) is 4.90 Å². The molecule has 0 radical (unpaired) electrons. The van der Waals surface area contributed by atoms with Gasteiger partial charge in [0.1, 0.15) is 0 Å². The number of thiazole rings is 1. The average molecular weight is 267 g/mol. The van der Waals surface area contributed by atoms with E-state index >= 15 is 0 Å². The van der Waals surface area contributed by atoms with Crippen molar-refractivity contribution in [2.75, 3.05) is 13.1 Å². The van der Waals surface area contributed by atoms with Gasteiger partial charge >= 0.3 is 0 Å². The van der Waals surface area contributed by atoms with Gasteiger partial charge in [0, 0.05) is 22.9 Å². The highest BCUT2D eigenvalue weighted by Crippen LogP contribution is 2.26. The molecule has 102 valence electrons. The average Bonchev–Trinajstić information content (AvgIpc) is 2.90. The van der Waals surface area contributed by atoms with Crippen LogP contribution in [-0.2, 0) is 6.42 Å². The van der Waals surface area contributed by atoms with E-state index in [4.69, 9.17) is 5.73 Å². The predicted molar refractivity (Wildman–Crippen MR) is 78.2 cm³/mol. The molecule has 0 bridgehead atoms. The van der Waals surface area contributed by atoms with Gasteiger partial charge in [0.2, 0.25) is 0 Å². The van der Waals surface area contributed by atoms with Gasteiger partial charge < -0.3 is 5.73 Å². The Hall–Kier alpha value is -0.450. The van der Waals surface area contributed by atoms with E-state index in [0.29, 0.717) is 0 Å². The third-order valence-electron chi connectivity index (χ3n) is 4.30. The summed E-state index contributed by atoms with van der Waals surface area (Å²) in [5.74, 6) is 0. The molecule has 1 fully saturated rings. The minimum atomic E-state index is 0.0734. The lowest BCUT2D eigenvalue weighted by Crippen LogP contribution is -2.55. The van der Waals surface area contributed by atoms with Crippen LogP contribution in [0, 0.1) is 13.8 Å². The van der Waals surface area contributed by atoms with Crippen molar-refractivity contribution >= 4 is 11.3 Å². The van der Waals surface area contributed by atoms with Crippen molar-refractivity contribution in [1.29, 1.82) is 0 Å². The summed E-state index contributed by atoms with van der Waals surface area (Å²) >= 11 is 1.79. The van der Waals surface area contributed by atoms with Gasteiger partial charge in [-0.15, -0.1) is 11.3 Å². The molecule has 0 amide bonds. The lowest BCUT2D eigenvalue weighted by Gasteiger charge is -2.40. The second-order valence-corrected chi connectivity index (χ2v) is 7.20. The molecule has 2 heterocycles. The highest BCUT2D eigenvalue weighted by atomic mass is 32.1. The van der Waals surface area contributed by atoms with Crippen molar-refractivity contribution in [1.82, 2.24) is 9.88 Å². The molecule has 1 aromatic rings. The summed E-state index contributed by atoms with van der Waals surface area (Å²) in [6, 6.07) is 0.153. The van der Waals surface area contributed by atoms with Crippen molar-refractivity contribution in [3.63, 3.8) is 0 Å². The normalized spacial score (nSPS) is 19.4. The molecule has 0 spiro atoms. The molecule has 0 saturated carbocycles. The minimum absolute atomic E-state index is 0.0734. The lowest BCUT2D eigenvalue weighted by atomic mass is 9.91. The second kappa shape index (κ2) is 5.27. The van der Waals surface area contributed by atoms with Crippen LogP contribution in [0.4, 0.5) is 0 Å². The zero-order chi connectivity index (χ0) is 13.3. The molecule has 18 heavy (non-hydrogen) atoms. The number of hydrogen-bond donors (Lipinski definition) is 1. The largest absolute Gasteiger partial charge is 0.326 e. The highest BCUT2D eigenvalue weighted by Gasteiger charge is 2.35. The van der Waals surface area contributed by atoms with Gasteiger partial charge in [-0.2, -0.15) is 0 Å². The second-order valence-electron chi connectivity index (χ2n) is 5.91. The van der Waals surface area contributed by atoms with Crippen LogP contribution in [0.15, 0.2) is 0 Å².